The topological polar surface area (TPSA) is 49.8 Å². The number of anilines is 2. The minimum absolute atomic E-state index is 0.851. The molecule has 0 aliphatic heterocycles. The standard InChI is InChI=1S/C13H24N4S/c1-3-7-15-12-10-14-11-13(17-12)16-8-5-4-6-9-18-2/h10-11H,3-9H2,1-2H3,(H2,15,16,17). The van der Waals surface area contributed by atoms with Crippen LogP contribution in [0.4, 0.5) is 11.6 Å². The summed E-state index contributed by atoms with van der Waals surface area (Å²) in [5.74, 6) is 2.97. The molecule has 1 heterocycles. The average Bonchev–Trinajstić information content (AvgIpc) is 2.41. The average molecular weight is 268 g/mol. The van der Waals surface area contributed by atoms with Gasteiger partial charge in [-0.15, -0.1) is 0 Å². The van der Waals surface area contributed by atoms with Gasteiger partial charge in [0.2, 0.25) is 0 Å². The second-order valence-corrected chi connectivity index (χ2v) is 5.18. The Morgan fingerprint density at radius 1 is 1.06 bits per heavy atom. The number of hydrogen-bond donors (Lipinski definition) is 2. The van der Waals surface area contributed by atoms with Crippen molar-refractivity contribution < 1.29 is 0 Å². The molecule has 0 aliphatic rings. The number of aromatic nitrogens is 2. The van der Waals surface area contributed by atoms with Crippen molar-refractivity contribution in [1.82, 2.24) is 9.97 Å². The van der Waals surface area contributed by atoms with Crippen molar-refractivity contribution in [1.29, 1.82) is 0 Å². The van der Waals surface area contributed by atoms with Crippen LogP contribution >= 0.6 is 11.8 Å². The first-order valence-electron chi connectivity index (χ1n) is 6.65. The fourth-order valence-corrected chi connectivity index (χ4v) is 2.05. The fraction of sp³-hybridized carbons (Fsp3) is 0.692. The highest BCUT2D eigenvalue weighted by Gasteiger charge is 1.97. The second-order valence-electron chi connectivity index (χ2n) is 4.20. The number of rotatable bonds is 10. The van der Waals surface area contributed by atoms with E-state index in [1.807, 2.05) is 11.8 Å². The summed E-state index contributed by atoms with van der Waals surface area (Å²) in [6.45, 7) is 4.05. The van der Waals surface area contributed by atoms with Crippen molar-refractivity contribution in [3.63, 3.8) is 0 Å². The zero-order valence-electron chi connectivity index (χ0n) is 11.4. The SMILES string of the molecule is CCCNc1cncc(NCCCCCSC)n1. The molecule has 0 bridgehead atoms. The van der Waals surface area contributed by atoms with E-state index >= 15 is 0 Å². The van der Waals surface area contributed by atoms with Crippen LogP contribution in [-0.4, -0.2) is 35.1 Å². The molecule has 0 saturated heterocycles. The molecule has 0 saturated carbocycles. The van der Waals surface area contributed by atoms with E-state index in [-0.39, 0.29) is 0 Å². The molecule has 2 N–H and O–H groups in total. The summed E-state index contributed by atoms with van der Waals surface area (Å²) < 4.78 is 0. The predicted octanol–water partition coefficient (Wildman–Crippen LogP) is 3.24. The summed E-state index contributed by atoms with van der Waals surface area (Å²) in [6, 6.07) is 0. The lowest BCUT2D eigenvalue weighted by atomic mass is 10.2. The number of thioether (sulfide) groups is 1. The van der Waals surface area contributed by atoms with Crippen LogP contribution in [0.2, 0.25) is 0 Å². The van der Waals surface area contributed by atoms with Gasteiger partial charge in [0, 0.05) is 13.1 Å². The van der Waals surface area contributed by atoms with Crippen molar-refractivity contribution in [2.75, 3.05) is 35.7 Å². The molecule has 0 aliphatic carbocycles. The van der Waals surface area contributed by atoms with E-state index in [0.717, 1.165) is 31.1 Å². The van der Waals surface area contributed by atoms with E-state index < -0.39 is 0 Å². The lowest BCUT2D eigenvalue weighted by Gasteiger charge is -2.07. The largest absolute Gasteiger partial charge is 0.369 e. The van der Waals surface area contributed by atoms with Crippen molar-refractivity contribution in [3.05, 3.63) is 12.4 Å². The summed E-state index contributed by atoms with van der Waals surface area (Å²) in [5, 5.41) is 6.55. The molecule has 102 valence electrons. The van der Waals surface area contributed by atoms with Crippen molar-refractivity contribution in [2.45, 2.75) is 32.6 Å². The molecule has 0 fully saturated rings. The summed E-state index contributed by atoms with van der Waals surface area (Å²) in [4.78, 5) is 8.63. The lowest BCUT2D eigenvalue weighted by Crippen LogP contribution is -2.07. The molecule has 1 rings (SSSR count). The predicted molar refractivity (Wildman–Crippen MR) is 81.5 cm³/mol. The highest BCUT2D eigenvalue weighted by Crippen LogP contribution is 2.07. The highest BCUT2D eigenvalue weighted by molar-refractivity contribution is 7.98. The number of hydrogen-bond acceptors (Lipinski definition) is 5. The van der Waals surface area contributed by atoms with Gasteiger partial charge in [-0.3, -0.25) is 4.98 Å². The third-order valence-corrected chi connectivity index (χ3v) is 3.22. The van der Waals surface area contributed by atoms with Gasteiger partial charge in [-0.1, -0.05) is 13.3 Å². The quantitative estimate of drug-likeness (QED) is 0.638. The lowest BCUT2D eigenvalue weighted by molar-refractivity contribution is 0.748. The maximum atomic E-state index is 4.46. The first-order valence-corrected chi connectivity index (χ1v) is 8.05. The van der Waals surface area contributed by atoms with Crippen LogP contribution in [0.5, 0.6) is 0 Å². The van der Waals surface area contributed by atoms with Crippen LogP contribution in [0.3, 0.4) is 0 Å². The van der Waals surface area contributed by atoms with Gasteiger partial charge >= 0.3 is 0 Å². The molecule has 0 amide bonds. The van der Waals surface area contributed by atoms with Gasteiger partial charge in [0.15, 0.2) is 0 Å². The Labute approximate surface area is 114 Å². The highest BCUT2D eigenvalue weighted by atomic mass is 32.2. The molecular weight excluding hydrogens is 244 g/mol. The van der Waals surface area contributed by atoms with Crippen molar-refractivity contribution in [3.8, 4) is 0 Å². The Hall–Kier alpha value is -0.970. The van der Waals surface area contributed by atoms with E-state index in [4.69, 9.17) is 0 Å². The molecule has 0 spiro atoms. The minimum atomic E-state index is 0.851. The van der Waals surface area contributed by atoms with E-state index in [0.29, 0.717) is 0 Å². The van der Waals surface area contributed by atoms with Crippen LogP contribution in [-0.2, 0) is 0 Å². The Morgan fingerprint density at radius 2 is 1.78 bits per heavy atom. The molecular formula is C13H24N4S. The van der Waals surface area contributed by atoms with Gasteiger partial charge in [0.1, 0.15) is 11.6 Å². The zero-order chi connectivity index (χ0) is 13.1. The smallest absolute Gasteiger partial charge is 0.146 e. The zero-order valence-corrected chi connectivity index (χ0v) is 12.2. The van der Waals surface area contributed by atoms with Crippen LogP contribution in [0.1, 0.15) is 32.6 Å². The van der Waals surface area contributed by atoms with Crippen LogP contribution in [0.15, 0.2) is 12.4 Å². The van der Waals surface area contributed by atoms with E-state index in [1.165, 1.54) is 25.0 Å². The van der Waals surface area contributed by atoms with Gasteiger partial charge in [-0.25, -0.2) is 4.98 Å². The Kier molecular flexibility index (Phi) is 8.38. The maximum absolute atomic E-state index is 4.46. The summed E-state index contributed by atoms with van der Waals surface area (Å²) in [6.07, 6.45) is 10.5. The van der Waals surface area contributed by atoms with Gasteiger partial charge in [0.25, 0.3) is 0 Å². The maximum Gasteiger partial charge on any atom is 0.146 e. The van der Waals surface area contributed by atoms with Crippen LogP contribution < -0.4 is 10.6 Å². The molecule has 0 aromatic carbocycles. The number of nitrogens with one attached hydrogen (secondary N) is 2. The van der Waals surface area contributed by atoms with Crippen LogP contribution in [0.25, 0.3) is 0 Å². The fourth-order valence-electron chi connectivity index (χ4n) is 1.55. The van der Waals surface area contributed by atoms with E-state index in [2.05, 4.69) is 33.8 Å². The van der Waals surface area contributed by atoms with E-state index in [9.17, 15) is 0 Å². The molecule has 0 atom stereocenters. The molecule has 5 heteroatoms. The third-order valence-electron chi connectivity index (χ3n) is 2.52. The van der Waals surface area contributed by atoms with Gasteiger partial charge in [-0.05, 0) is 31.3 Å². The third kappa shape index (κ3) is 6.69. The first kappa shape index (κ1) is 15.1. The first-order chi connectivity index (χ1) is 8.86. The normalized spacial score (nSPS) is 10.3. The van der Waals surface area contributed by atoms with Gasteiger partial charge in [-0.2, -0.15) is 11.8 Å². The summed E-state index contributed by atoms with van der Waals surface area (Å²) in [5.41, 5.74) is 0. The molecule has 1 aromatic rings. The molecule has 0 unspecified atom stereocenters. The minimum Gasteiger partial charge on any atom is -0.369 e. The van der Waals surface area contributed by atoms with Crippen molar-refractivity contribution in [2.24, 2.45) is 0 Å². The Bertz CT molecular complexity index is 320. The number of unbranched alkanes of at least 4 members (excludes halogenated alkanes) is 2. The van der Waals surface area contributed by atoms with Crippen LogP contribution in [0, 0.1) is 0 Å². The van der Waals surface area contributed by atoms with E-state index in [1.54, 1.807) is 12.4 Å². The van der Waals surface area contributed by atoms with Crippen molar-refractivity contribution >= 4 is 23.4 Å². The molecule has 1 aromatic heterocycles. The Morgan fingerprint density at radius 3 is 2.44 bits per heavy atom. The van der Waals surface area contributed by atoms with Gasteiger partial charge in [0.05, 0.1) is 12.4 Å². The Balaban J connectivity index is 2.20. The summed E-state index contributed by atoms with van der Waals surface area (Å²) in [7, 11) is 0. The second kappa shape index (κ2) is 10.00. The molecule has 0 radical (unpaired) electrons. The molecule has 18 heavy (non-hydrogen) atoms. The summed E-state index contributed by atoms with van der Waals surface area (Å²) >= 11 is 1.91. The monoisotopic (exact) mass is 268 g/mol. The number of nitrogens with zero attached hydrogens (tertiary/aromatic N) is 2. The molecule has 4 nitrogen and oxygen atoms in total. The van der Waals surface area contributed by atoms with Gasteiger partial charge < -0.3 is 10.6 Å².